The van der Waals surface area contributed by atoms with Gasteiger partial charge in [-0.15, -0.1) is 11.8 Å². The minimum absolute atomic E-state index is 0.162. The summed E-state index contributed by atoms with van der Waals surface area (Å²) in [5, 5.41) is 8.76. The fourth-order valence-electron chi connectivity index (χ4n) is 2.48. The predicted molar refractivity (Wildman–Crippen MR) is 91.5 cm³/mol. The first-order valence-corrected chi connectivity index (χ1v) is 8.67. The van der Waals surface area contributed by atoms with Crippen LogP contribution in [0.1, 0.15) is 18.0 Å². The van der Waals surface area contributed by atoms with E-state index in [1.54, 1.807) is 36.4 Å². The molecule has 3 N–H and O–H groups in total. The summed E-state index contributed by atoms with van der Waals surface area (Å²) < 4.78 is 13.5. The monoisotopic (exact) mass is 347 g/mol. The molecular weight excluding hydrogens is 329 g/mol. The molecule has 24 heavy (non-hydrogen) atoms. The van der Waals surface area contributed by atoms with Gasteiger partial charge >= 0.3 is 6.03 Å². The number of anilines is 1. The van der Waals surface area contributed by atoms with Crippen LogP contribution in [0.15, 0.2) is 41.7 Å². The number of hydrogen-bond donors (Lipinski definition) is 3. The molecule has 1 aliphatic heterocycles. The van der Waals surface area contributed by atoms with Crippen molar-refractivity contribution >= 4 is 23.6 Å². The van der Waals surface area contributed by atoms with Gasteiger partial charge in [-0.25, -0.2) is 14.2 Å². The summed E-state index contributed by atoms with van der Waals surface area (Å²) >= 11 is 1.69. The van der Waals surface area contributed by atoms with Gasteiger partial charge in [-0.05, 0) is 30.2 Å². The predicted octanol–water partition coefficient (Wildman–Crippen LogP) is 2.56. The number of benzene rings is 1. The van der Waals surface area contributed by atoms with Gasteiger partial charge < -0.3 is 16.0 Å². The standard InChI is InChI=1S/C16H18FN5OS/c17-11-1-2-14-12(9-11)13(3-8-24-14)22-16(23)21-7-6-20-15-10-18-4-5-19-15/h1-2,4-5,9-10,13H,3,6-8H2,(H,19,20)(H2,21,22,23)/t13-/m1/s1. The van der Waals surface area contributed by atoms with Gasteiger partial charge in [-0.2, -0.15) is 0 Å². The second-order valence-electron chi connectivity index (χ2n) is 5.29. The summed E-state index contributed by atoms with van der Waals surface area (Å²) in [4.78, 5) is 21.1. The molecule has 2 amide bonds. The van der Waals surface area contributed by atoms with E-state index in [-0.39, 0.29) is 17.9 Å². The zero-order chi connectivity index (χ0) is 16.8. The van der Waals surface area contributed by atoms with Crippen molar-refractivity contribution < 1.29 is 9.18 Å². The first-order chi connectivity index (χ1) is 11.7. The van der Waals surface area contributed by atoms with Crippen LogP contribution in [-0.4, -0.2) is 34.8 Å². The highest BCUT2D eigenvalue weighted by Crippen LogP contribution is 2.36. The van der Waals surface area contributed by atoms with Crippen LogP contribution >= 0.6 is 11.8 Å². The van der Waals surface area contributed by atoms with E-state index in [4.69, 9.17) is 0 Å². The molecule has 0 saturated heterocycles. The minimum atomic E-state index is -0.281. The van der Waals surface area contributed by atoms with Crippen molar-refractivity contribution in [2.45, 2.75) is 17.4 Å². The summed E-state index contributed by atoms with van der Waals surface area (Å²) in [6.45, 7) is 0.984. The van der Waals surface area contributed by atoms with E-state index in [1.165, 1.54) is 12.1 Å². The Morgan fingerprint density at radius 1 is 1.33 bits per heavy atom. The SMILES string of the molecule is O=C(NCCNc1cnccn1)N[C@@H]1CCSc2ccc(F)cc21. The fraction of sp³-hybridized carbons (Fsp3) is 0.312. The lowest BCUT2D eigenvalue weighted by molar-refractivity contribution is 0.237. The smallest absolute Gasteiger partial charge is 0.315 e. The second kappa shape index (κ2) is 7.96. The first kappa shape index (κ1) is 16.5. The third kappa shape index (κ3) is 4.35. The van der Waals surface area contributed by atoms with Crippen LogP contribution in [0.5, 0.6) is 0 Å². The number of carbonyl (C=O) groups is 1. The zero-order valence-corrected chi connectivity index (χ0v) is 13.8. The molecule has 3 rings (SSSR count). The Morgan fingerprint density at radius 2 is 2.25 bits per heavy atom. The van der Waals surface area contributed by atoms with E-state index >= 15 is 0 Å². The number of fused-ring (bicyclic) bond motifs is 1. The quantitative estimate of drug-likeness (QED) is 0.725. The van der Waals surface area contributed by atoms with Gasteiger partial charge in [-0.3, -0.25) is 4.98 Å². The molecule has 0 bridgehead atoms. The number of amides is 2. The van der Waals surface area contributed by atoms with Crippen molar-refractivity contribution in [1.82, 2.24) is 20.6 Å². The molecule has 0 unspecified atom stereocenters. The maximum atomic E-state index is 13.5. The highest BCUT2D eigenvalue weighted by molar-refractivity contribution is 7.99. The average molecular weight is 347 g/mol. The highest BCUT2D eigenvalue weighted by Gasteiger charge is 2.22. The van der Waals surface area contributed by atoms with Gasteiger partial charge in [0.1, 0.15) is 11.6 Å². The number of halogens is 1. The summed E-state index contributed by atoms with van der Waals surface area (Å²) in [6.07, 6.45) is 5.60. The number of rotatable bonds is 5. The molecule has 6 nitrogen and oxygen atoms in total. The molecule has 2 aromatic rings. The fourth-order valence-corrected chi connectivity index (χ4v) is 3.59. The van der Waals surface area contributed by atoms with E-state index in [9.17, 15) is 9.18 Å². The van der Waals surface area contributed by atoms with Crippen LogP contribution in [0.3, 0.4) is 0 Å². The molecular formula is C16H18FN5OS. The molecule has 2 heterocycles. The normalized spacial score (nSPS) is 16.1. The Hall–Kier alpha value is -2.35. The van der Waals surface area contributed by atoms with Crippen molar-refractivity contribution in [3.05, 3.63) is 48.2 Å². The Morgan fingerprint density at radius 3 is 3.08 bits per heavy atom. The lowest BCUT2D eigenvalue weighted by Gasteiger charge is -2.26. The molecule has 8 heteroatoms. The van der Waals surface area contributed by atoms with Gasteiger partial charge in [0.15, 0.2) is 0 Å². The number of nitrogens with one attached hydrogen (secondary N) is 3. The van der Waals surface area contributed by atoms with Gasteiger partial charge in [0.25, 0.3) is 0 Å². The molecule has 1 aromatic heterocycles. The molecule has 1 atom stereocenters. The lowest BCUT2D eigenvalue weighted by Crippen LogP contribution is -2.40. The van der Waals surface area contributed by atoms with Crippen LogP contribution < -0.4 is 16.0 Å². The largest absolute Gasteiger partial charge is 0.367 e. The first-order valence-electron chi connectivity index (χ1n) is 7.69. The van der Waals surface area contributed by atoms with Crippen molar-refractivity contribution in [3.8, 4) is 0 Å². The van der Waals surface area contributed by atoms with Crippen LogP contribution in [0, 0.1) is 5.82 Å². The van der Waals surface area contributed by atoms with Gasteiger partial charge in [0.05, 0.1) is 12.2 Å². The number of carbonyl (C=O) groups excluding carboxylic acids is 1. The van der Waals surface area contributed by atoms with Crippen molar-refractivity contribution in [2.75, 3.05) is 24.2 Å². The molecule has 1 aromatic carbocycles. The Kier molecular flexibility index (Phi) is 5.47. The number of hydrogen-bond acceptors (Lipinski definition) is 5. The van der Waals surface area contributed by atoms with Gasteiger partial charge in [0, 0.05) is 36.1 Å². The van der Waals surface area contributed by atoms with E-state index in [2.05, 4.69) is 25.9 Å². The maximum Gasteiger partial charge on any atom is 0.315 e. The third-order valence-electron chi connectivity index (χ3n) is 3.60. The highest BCUT2D eigenvalue weighted by atomic mass is 32.2. The maximum absolute atomic E-state index is 13.5. The molecule has 0 saturated carbocycles. The van der Waals surface area contributed by atoms with Gasteiger partial charge in [0.2, 0.25) is 0 Å². The van der Waals surface area contributed by atoms with Crippen molar-refractivity contribution in [1.29, 1.82) is 0 Å². The van der Waals surface area contributed by atoms with Crippen molar-refractivity contribution in [3.63, 3.8) is 0 Å². The van der Waals surface area contributed by atoms with E-state index in [0.717, 1.165) is 22.6 Å². The molecule has 0 fully saturated rings. The zero-order valence-electron chi connectivity index (χ0n) is 13.0. The number of urea groups is 1. The second-order valence-corrected chi connectivity index (χ2v) is 6.43. The summed E-state index contributed by atoms with van der Waals surface area (Å²) in [5.41, 5.74) is 0.846. The van der Waals surface area contributed by atoms with Gasteiger partial charge in [-0.1, -0.05) is 0 Å². The summed E-state index contributed by atoms with van der Waals surface area (Å²) in [5.74, 6) is 1.28. The third-order valence-corrected chi connectivity index (χ3v) is 4.72. The number of thioether (sulfide) groups is 1. The van der Waals surface area contributed by atoms with E-state index in [0.29, 0.717) is 18.9 Å². The summed E-state index contributed by atoms with van der Waals surface area (Å²) in [6, 6.07) is 4.30. The average Bonchev–Trinajstić information content (AvgIpc) is 2.60. The molecule has 0 spiro atoms. The molecule has 1 aliphatic rings. The van der Waals surface area contributed by atoms with Crippen LogP contribution in [0.2, 0.25) is 0 Å². The Labute approximate surface area is 143 Å². The molecule has 0 aliphatic carbocycles. The van der Waals surface area contributed by atoms with Crippen LogP contribution in [-0.2, 0) is 0 Å². The molecule has 126 valence electrons. The number of nitrogens with zero attached hydrogens (tertiary/aromatic N) is 2. The van der Waals surface area contributed by atoms with Crippen molar-refractivity contribution in [2.24, 2.45) is 0 Å². The van der Waals surface area contributed by atoms with Crippen LogP contribution in [0.25, 0.3) is 0 Å². The molecule has 0 radical (unpaired) electrons. The van der Waals surface area contributed by atoms with E-state index in [1.807, 2.05) is 0 Å². The number of aromatic nitrogens is 2. The van der Waals surface area contributed by atoms with E-state index < -0.39 is 0 Å². The van der Waals surface area contributed by atoms with Crippen LogP contribution in [0.4, 0.5) is 15.0 Å². The Balaban J connectivity index is 1.47. The summed E-state index contributed by atoms with van der Waals surface area (Å²) in [7, 11) is 0. The Bertz CT molecular complexity index is 700. The topological polar surface area (TPSA) is 78.9 Å². The minimum Gasteiger partial charge on any atom is -0.367 e. The lowest BCUT2D eigenvalue weighted by atomic mass is 10.0.